The van der Waals surface area contributed by atoms with Gasteiger partial charge >= 0.3 is 0 Å². The first-order chi connectivity index (χ1) is 9.04. The normalized spacial score (nSPS) is 11.1. The fourth-order valence-corrected chi connectivity index (χ4v) is 1.98. The van der Waals surface area contributed by atoms with Crippen LogP contribution in [0, 0.1) is 5.82 Å². The van der Waals surface area contributed by atoms with Crippen molar-refractivity contribution in [1.29, 1.82) is 0 Å². The summed E-state index contributed by atoms with van der Waals surface area (Å²) in [6.07, 6.45) is 1.03. The van der Waals surface area contributed by atoms with E-state index in [0.29, 0.717) is 5.69 Å². The van der Waals surface area contributed by atoms with Gasteiger partial charge in [0.25, 0.3) is 0 Å². The highest BCUT2D eigenvalue weighted by molar-refractivity contribution is 5.48. The number of nitrogens with zero attached hydrogens (tertiary/aromatic N) is 2. The van der Waals surface area contributed by atoms with E-state index in [9.17, 15) is 4.39 Å². The highest BCUT2D eigenvalue weighted by Crippen LogP contribution is 2.19. The maximum Gasteiger partial charge on any atom is 0.146 e. The van der Waals surface area contributed by atoms with Crippen molar-refractivity contribution in [3.05, 3.63) is 29.6 Å². The summed E-state index contributed by atoms with van der Waals surface area (Å²) in [7, 11) is 6.05. The molecule has 1 aromatic rings. The number of halogens is 1. The topological polar surface area (TPSA) is 18.5 Å². The summed E-state index contributed by atoms with van der Waals surface area (Å²) in [6, 6.07) is 5.49. The number of anilines is 1. The number of hydrogen-bond acceptors (Lipinski definition) is 3. The van der Waals surface area contributed by atoms with Gasteiger partial charge in [-0.1, -0.05) is 13.0 Å². The van der Waals surface area contributed by atoms with E-state index in [1.54, 1.807) is 6.07 Å². The minimum Gasteiger partial charge on any atom is -0.372 e. The van der Waals surface area contributed by atoms with Gasteiger partial charge in [0.05, 0.1) is 5.69 Å². The molecule has 0 unspecified atom stereocenters. The summed E-state index contributed by atoms with van der Waals surface area (Å²) < 4.78 is 14.0. The summed E-state index contributed by atoms with van der Waals surface area (Å²) in [5, 5.41) is 3.20. The van der Waals surface area contributed by atoms with Gasteiger partial charge in [-0.25, -0.2) is 4.39 Å². The molecule has 0 aromatic heterocycles. The van der Waals surface area contributed by atoms with E-state index in [2.05, 4.69) is 24.3 Å². The van der Waals surface area contributed by atoms with Crippen molar-refractivity contribution < 1.29 is 4.39 Å². The predicted molar refractivity (Wildman–Crippen MR) is 80.2 cm³/mol. The fraction of sp³-hybridized carbons (Fsp3) is 0.600. The fourth-order valence-electron chi connectivity index (χ4n) is 1.98. The Morgan fingerprint density at radius 3 is 2.47 bits per heavy atom. The van der Waals surface area contributed by atoms with Gasteiger partial charge in [-0.15, -0.1) is 0 Å². The van der Waals surface area contributed by atoms with Crippen molar-refractivity contribution >= 4 is 5.69 Å². The lowest BCUT2D eigenvalue weighted by Gasteiger charge is -2.21. The molecule has 1 N–H and O–H groups in total. The molecule has 1 aromatic carbocycles. The van der Waals surface area contributed by atoms with E-state index in [-0.39, 0.29) is 5.82 Å². The Labute approximate surface area is 116 Å². The van der Waals surface area contributed by atoms with Crippen molar-refractivity contribution in [1.82, 2.24) is 10.2 Å². The number of rotatable bonds is 8. The molecule has 0 saturated carbocycles. The molecule has 0 bridgehead atoms. The van der Waals surface area contributed by atoms with Gasteiger partial charge in [0.1, 0.15) is 5.82 Å². The SMILES string of the molecule is CCNCc1ccc(N(C)CCCN(C)C)c(F)c1. The van der Waals surface area contributed by atoms with Gasteiger partial charge < -0.3 is 15.1 Å². The Morgan fingerprint density at radius 1 is 1.16 bits per heavy atom. The van der Waals surface area contributed by atoms with Crippen LogP contribution in [0.5, 0.6) is 0 Å². The van der Waals surface area contributed by atoms with Crippen LogP contribution < -0.4 is 10.2 Å². The zero-order valence-corrected chi connectivity index (χ0v) is 12.5. The molecule has 4 heteroatoms. The maximum atomic E-state index is 14.0. The van der Waals surface area contributed by atoms with Gasteiger partial charge in [-0.2, -0.15) is 0 Å². The Hall–Kier alpha value is -1.13. The first-order valence-electron chi connectivity index (χ1n) is 6.89. The molecule has 0 amide bonds. The molecule has 3 nitrogen and oxygen atoms in total. The van der Waals surface area contributed by atoms with E-state index in [0.717, 1.165) is 38.2 Å². The zero-order valence-electron chi connectivity index (χ0n) is 12.5. The third-order valence-electron chi connectivity index (χ3n) is 3.10. The molecule has 0 heterocycles. The van der Waals surface area contributed by atoms with Gasteiger partial charge in [-0.05, 0) is 51.3 Å². The van der Waals surface area contributed by atoms with E-state index in [1.807, 2.05) is 31.0 Å². The van der Waals surface area contributed by atoms with Crippen LogP contribution >= 0.6 is 0 Å². The smallest absolute Gasteiger partial charge is 0.146 e. The van der Waals surface area contributed by atoms with Gasteiger partial charge in [0.2, 0.25) is 0 Å². The summed E-state index contributed by atoms with van der Waals surface area (Å²) in [4.78, 5) is 4.12. The number of benzene rings is 1. The Kier molecular flexibility index (Phi) is 6.81. The molecule has 19 heavy (non-hydrogen) atoms. The van der Waals surface area contributed by atoms with Crippen LogP contribution in [-0.4, -0.2) is 45.7 Å². The lowest BCUT2D eigenvalue weighted by molar-refractivity contribution is 0.401. The molecule has 0 fully saturated rings. The predicted octanol–water partition coefficient (Wildman–Crippen LogP) is 2.32. The standard InChI is InChI=1S/C15H26FN3/c1-5-17-12-13-7-8-15(14(16)11-13)19(4)10-6-9-18(2)3/h7-8,11,17H,5-6,9-10,12H2,1-4H3. The van der Waals surface area contributed by atoms with Gasteiger partial charge in [-0.3, -0.25) is 0 Å². The first-order valence-corrected chi connectivity index (χ1v) is 6.89. The number of nitrogens with one attached hydrogen (secondary N) is 1. The van der Waals surface area contributed by atoms with Crippen LogP contribution in [0.25, 0.3) is 0 Å². The average Bonchev–Trinajstić information content (AvgIpc) is 2.35. The molecule has 0 aliphatic heterocycles. The minimum atomic E-state index is -0.136. The molecule has 0 aliphatic rings. The highest BCUT2D eigenvalue weighted by Gasteiger charge is 2.08. The van der Waals surface area contributed by atoms with E-state index < -0.39 is 0 Å². The van der Waals surface area contributed by atoms with Crippen molar-refractivity contribution in [2.75, 3.05) is 45.7 Å². The summed E-state index contributed by atoms with van der Waals surface area (Å²) in [5.74, 6) is -0.136. The monoisotopic (exact) mass is 267 g/mol. The summed E-state index contributed by atoms with van der Waals surface area (Å²) in [6.45, 7) is 5.54. The second kappa shape index (κ2) is 8.12. The Morgan fingerprint density at radius 2 is 1.89 bits per heavy atom. The average molecular weight is 267 g/mol. The molecular weight excluding hydrogens is 241 g/mol. The van der Waals surface area contributed by atoms with Crippen LogP contribution in [-0.2, 0) is 6.54 Å². The largest absolute Gasteiger partial charge is 0.372 e. The van der Waals surface area contributed by atoms with E-state index in [4.69, 9.17) is 0 Å². The second-order valence-corrected chi connectivity index (χ2v) is 5.14. The molecule has 0 saturated heterocycles. The van der Waals surface area contributed by atoms with Gasteiger partial charge in [0.15, 0.2) is 0 Å². The maximum absolute atomic E-state index is 14.0. The van der Waals surface area contributed by atoms with Crippen LogP contribution in [0.1, 0.15) is 18.9 Å². The zero-order chi connectivity index (χ0) is 14.3. The lowest BCUT2D eigenvalue weighted by atomic mass is 10.2. The van der Waals surface area contributed by atoms with Crippen molar-refractivity contribution in [3.63, 3.8) is 0 Å². The lowest BCUT2D eigenvalue weighted by Crippen LogP contribution is -2.24. The van der Waals surface area contributed by atoms with Crippen LogP contribution in [0.2, 0.25) is 0 Å². The number of hydrogen-bond donors (Lipinski definition) is 1. The molecule has 108 valence electrons. The van der Waals surface area contributed by atoms with Crippen molar-refractivity contribution in [3.8, 4) is 0 Å². The molecule has 0 radical (unpaired) electrons. The Bertz CT molecular complexity index is 380. The third kappa shape index (κ3) is 5.57. The van der Waals surface area contributed by atoms with Crippen LogP contribution in [0.3, 0.4) is 0 Å². The van der Waals surface area contributed by atoms with E-state index in [1.165, 1.54) is 0 Å². The quantitative estimate of drug-likeness (QED) is 0.780. The summed E-state index contributed by atoms with van der Waals surface area (Å²) in [5.41, 5.74) is 1.67. The molecular formula is C15H26FN3. The second-order valence-electron chi connectivity index (χ2n) is 5.14. The van der Waals surface area contributed by atoms with Gasteiger partial charge in [0, 0.05) is 20.1 Å². The van der Waals surface area contributed by atoms with Crippen molar-refractivity contribution in [2.24, 2.45) is 0 Å². The molecule has 0 aliphatic carbocycles. The molecule has 0 spiro atoms. The third-order valence-corrected chi connectivity index (χ3v) is 3.10. The first kappa shape index (κ1) is 15.9. The highest BCUT2D eigenvalue weighted by atomic mass is 19.1. The Balaban J connectivity index is 2.57. The van der Waals surface area contributed by atoms with Crippen LogP contribution in [0.4, 0.5) is 10.1 Å². The summed E-state index contributed by atoms with van der Waals surface area (Å²) >= 11 is 0. The van der Waals surface area contributed by atoms with Crippen LogP contribution in [0.15, 0.2) is 18.2 Å². The van der Waals surface area contributed by atoms with E-state index >= 15 is 0 Å². The van der Waals surface area contributed by atoms with Crippen molar-refractivity contribution in [2.45, 2.75) is 19.9 Å². The minimum absolute atomic E-state index is 0.136. The molecule has 0 atom stereocenters. The molecule has 1 rings (SSSR count).